The number of hydrogen-bond donors (Lipinski definition) is 0. The van der Waals surface area contributed by atoms with Crippen molar-refractivity contribution >= 4 is 28.4 Å². The van der Waals surface area contributed by atoms with Gasteiger partial charge in [0.05, 0.1) is 0 Å². The van der Waals surface area contributed by atoms with E-state index in [4.69, 9.17) is 0 Å². The van der Waals surface area contributed by atoms with Gasteiger partial charge in [-0.25, -0.2) is 9.97 Å². The lowest BCUT2D eigenvalue weighted by Gasteiger charge is -2.00. The first-order valence-electron chi connectivity index (χ1n) is 4.79. The van der Waals surface area contributed by atoms with Gasteiger partial charge in [0.25, 0.3) is 0 Å². The molecule has 3 nitrogen and oxygen atoms in total. The van der Waals surface area contributed by atoms with Gasteiger partial charge in [0, 0.05) is 16.2 Å². The van der Waals surface area contributed by atoms with Gasteiger partial charge in [0.2, 0.25) is 0 Å². The van der Waals surface area contributed by atoms with Crippen molar-refractivity contribution in [1.29, 1.82) is 0 Å². The summed E-state index contributed by atoms with van der Waals surface area (Å²) in [5.74, 6) is 0.0172. The Morgan fingerprint density at radius 2 is 1.94 bits per heavy atom. The van der Waals surface area contributed by atoms with E-state index < -0.39 is 0 Å². The number of Topliss-reactive ketones (excluding diaryl/α,β-unsaturated/α-hetero) is 1. The van der Waals surface area contributed by atoms with Crippen LogP contribution in [0.2, 0.25) is 0 Å². The summed E-state index contributed by atoms with van der Waals surface area (Å²) in [5, 5.41) is 0. The summed E-state index contributed by atoms with van der Waals surface area (Å²) in [7, 11) is 0. The standard InChI is InChI=1S/C12H9IN2O/c13-10-3-1-9(2-4-10)7-12(16)11-5-6-14-8-15-11/h1-6,8H,7H2. The fourth-order valence-electron chi connectivity index (χ4n) is 1.33. The predicted octanol–water partition coefficient (Wildman–Crippen LogP) is 2.51. The zero-order valence-electron chi connectivity index (χ0n) is 8.43. The molecule has 4 heteroatoms. The molecule has 0 radical (unpaired) electrons. The quantitative estimate of drug-likeness (QED) is 0.644. The van der Waals surface area contributed by atoms with Crippen molar-refractivity contribution in [2.75, 3.05) is 0 Å². The minimum Gasteiger partial charge on any atom is -0.292 e. The van der Waals surface area contributed by atoms with E-state index in [9.17, 15) is 4.79 Å². The third-order valence-corrected chi connectivity index (χ3v) is 2.86. The molecule has 0 amide bonds. The first-order valence-corrected chi connectivity index (χ1v) is 5.87. The predicted molar refractivity (Wildman–Crippen MR) is 69.2 cm³/mol. The number of aromatic nitrogens is 2. The Morgan fingerprint density at radius 1 is 1.19 bits per heavy atom. The van der Waals surface area contributed by atoms with E-state index in [-0.39, 0.29) is 5.78 Å². The van der Waals surface area contributed by atoms with E-state index in [1.807, 2.05) is 24.3 Å². The van der Waals surface area contributed by atoms with Gasteiger partial charge in [-0.05, 0) is 46.4 Å². The smallest absolute Gasteiger partial charge is 0.185 e. The fourth-order valence-corrected chi connectivity index (χ4v) is 1.69. The Balaban J connectivity index is 2.11. The number of nitrogens with zero attached hydrogens (tertiary/aromatic N) is 2. The molecule has 2 rings (SSSR count). The number of carbonyl (C=O) groups is 1. The summed E-state index contributed by atoms with van der Waals surface area (Å²) < 4.78 is 1.16. The van der Waals surface area contributed by atoms with Crippen molar-refractivity contribution in [3.8, 4) is 0 Å². The molecular weight excluding hydrogens is 315 g/mol. The van der Waals surface area contributed by atoms with Crippen molar-refractivity contribution in [1.82, 2.24) is 9.97 Å². The monoisotopic (exact) mass is 324 g/mol. The normalized spacial score (nSPS) is 10.1. The largest absolute Gasteiger partial charge is 0.292 e. The molecule has 0 aliphatic carbocycles. The molecule has 0 unspecified atom stereocenters. The highest BCUT2D eigenvalue weighted by molar-refractivity contribution is 14.1. The van der Waals surface area contributed by atoms with E-state index in [0.717, 1.165) is 9.13 Å². The molecule has 0 spiro atoms. The highest BCUT2D eigenvalue weighted by Gasteiger charge is 2.07. The average Bonchev–Trinajstić information content (AvgIpc) is 2.33. The molecule has 0 saturated heterocycles. The SMILES string of the molecule is O=C(Cc1ccc(I)cc1)c1ccncn1. The molecule has 0 fully saturated rings. The first kappa shape index (κ1) is 11.2. The van der Waals surface area contributed by atoms with Crippen LogP contribution in [0.15, 0.2) is 42.9 Å². The molecule has 1 heterocycles. The zero-order valence-corrected chi connectivity index (χ0v) is 10.6. The van der Waals surface area contributed by atoms with Gasteiger partial charge in [-0.3, -0.25) is 4.79 Å². The Bertz CT molecular complexity index is 482. The van der Waals surface area contributed by atoms with E-state index in [2.05, 4.69) is 32.6 Å². The molecule has 0 aliphatic heterocycles. The van der Waals surface area contributed by atoms with Crippen molar-refractivity contribution in [3.05, 3.63) is 57.7 Å². The third-order valence-electron chi connectivity index (χ3n) is 2.15. The lowest BCUT2D eigenvalue weighted by atomic mass is 10.1. The second-order valence-corrected chi connectivity index (χ2v) is 4.57. The van der Waals surface area contributed by atoms with Crippen molar-refractivity contribution in [2.45, 2.75) is 6.42 Å². The van der Waals surface area contributed by atoms with Gasteiger partial charge in [0.15, 0.2) is 5.78 Å². The number of benzene rings is 1. The molecule has 2 aromatic rings. The van der Waals surface area contributed by atoms with Gasteiger partial charge in [-0.2, -0.15) is 0 Å². The number of ketones is 1. The maximum Gasteiger partial charge on any atom is 0.185 e. The van der Waals surface area contributed by atoms with Gasteiger partial charge >= 0.3 is 0 Å². The molecule has 16 heavy (non-hydrogen) atoms. The Labute approximate surface area is 107 Å². The summed E-state index contributed by atoms with van der Waals surface area (Å²) in [5.41, 5.74) is 1.47. The number of halogens is 1. The van der Waals surface area contributed by atoms with Gasteiger partial charge in [-0.1, -0.05) is 12.1 Å². The highest BCUT2D eigenvalue weighted by Crippen LogP contribution is 2.09. The van der Waals surface area contributed by atoms with Crippen LogP contribution in [0.3, 0.4) is 0 Å². The summed E-state index contributed by atoms with van der Waals surface area (Å²) in [4.78, 5) is 19.5. The van der Waals surface area contributed by atoms with Gasteiger partial charge in [0.1, 0.15) is 12.0 Å². The summed E-state index contributed by atoms with van der Waals surface area (Å²) in [6.45, 7) is 0. The molecule has 0 atom stereocenters. The Morgan fingerprint density at radius 3 is 2.56 bits per heavy atom. The van der Waals surface area contributed by atoms with E-state index in [0.29, 0.717) is 12.1 Å². The van der Waals surface area contributed by atoms with Crippen LogP contribution in [0.1, 0.15) is 16.1 Å². The van der Waals surface area contributed by atoms with Crippen LogP contribution < -0.4 is 0 Å². The van der Waals surface area contributed by atoms with Gasteiger partial charge in [-0.15, -0.1) is 0 Å². The van der Waals surface area contributed by atoms with Crippen LogP contribution in [0.5, 0.6) is 0 Å². The van der Waals surface area contributed by atoms with E-state index in [1.165, 1.54) is 6.33 Å². The minimum absolute atomic E-state index is 0.0172. The van der Waals surface area contributed by atoms with Crippen molar-refractivity contribution in [3.63, 3.8) is 0 Å². The summed E-state index contributed by atoms with van der Waals surface area (Å²) >= 11 is 2.24. The maximum absolute atomic E-state index is 11.8. The van der Waals surface area contributed by atoms with Crippen LogP contribution in [0.4, 0.5) is 0 Å². The van der Waals surface area contributed by atoms with Crippen LogP contribution >= 0.6 is 22.6 Å². The molecule has 0 bridgehead atoms. The second-order valence-electron chi connectivity index (χ2n) is 3.32. The minimum atomic E-state index is 0.0172. The van der Waals surface area contributed by atoms with Gasteiger partial charge < -0.3 is 0 Å². The highest BCUT2D eigenvalue weighted by atomic mass is 127. The molecule has 0 aliphatic rings. The molecule has 0 N–H and O–H groups in total. The third kappa shape index (κ3) is 2.85. The lowest BCUT2D eigenvalue weighted by molar-refractivity contribution is 0.0988. The number of carbonyl (C=O) groups excluding carboxylic acids is 1. The Kier molecular flexibility index (Phi) is 3.61. The van der Waals surface area contributed by atoms with Crippen molar-refractivity contribution < 1.29 is 4.79 Å². The van der Waals surface area contributed by atoms with Crippen LogP contribution in [-0.2, 0) is 6.42 Å². The Hall–Kier alpha value is -1.30. The van der Waals surface area contributed by atoms with Crippen LogP contribution in [0, 0.1) is 3.57 Å². The van der Waals surface area contributed by atoms with Crippen LogP contribution in [0.25, 0.3) is 0 Å². The molecule has 1 aromatic heterocycles. The maximum atomic E-state index is 11.8. The molecule has 1 aromatic carbocycles. The average molecular weight is 324 g/mol. The summed E-state index contributed by atoms with van der Waals surface area (Å²) in [6.07, 6.45) is 3.35. The number of hydrogen-bond acceptors (Lipinski definition) is 3. The number of rotatable bonds is 3. The lowest BCUT2D eigenvalue weighted by Crippen LogP contribution is -2.05. The zero-order chi connectivity index (χ0) is 11.4. The van der Waals surface area contributed by atoms with E-state index in [1.54, 1.807) is 12.3 Å². The van der Waals surface area contributed by atoms with Crippen LogP contribution in [-0.4, -0.2) is 15.8 Å². The first-order chi connectivity index (χ1) is 7.75. The summed E-state index contributed by atoms with van der Waals surface area (Å²) in [6, 6.07) is 9.53. The molecular formula is C12H9IN2O. The van der Waals surface area contributed by atoms with E-state index >= 15 is 0 Å². The van der Waals surface area contributed by atoms with Crippen molar-refractivity contribution in [2.24, 2.45) is 0 Å². The molecule has 0 saturated carbocycles. The molecule has 80 valence electrons. The second kappa shape index (κ2) is 5.16. The topological polar surface area (TPSA) is 42.9 Å². The fraction of sp³-hybridized carbons (Fsp3) is 0.0833.